The molecule has 1 aromatic carbocycles. The lowest BCUT2D eigenvalue weighted by Crippen LogP contribution is -2.60. The largest absolute Gasteiger partial charge is 0.480 e. The predicted octanol–water partition coefficient (Wildman–Crippen LogP) is -0.349. The third-order valence-corrected chi connectivity index (χ3v) is 5.60. The third-order valence-electron chi connectivity index (χ3n) is 5.60. The minimum Gasteiger partial charge on any atom is -0.480 e. The fraction of sp³-hybridized carbons (Fsp3) is 0.600. The predicted molar refractivity (Wildman–Crippen MR) is 136 cm³/mol. The molecule has 5 atom stereocenters. The number of carboxylic acids is 1. The number of unbranched alkanes of at least 4 members (excludes halogenated alkanes) is 1. The Hall–Kier alpha value is -3.02. The van der Waals surface area contributed by atoms with Gasteiger partial charge in [-0.1, -0.05) is 44.2 Å². The molecule has 11 heteroatoms. The first-order valence-electron chi connectivity index (χ1n) is 12.3. The lowest BCUT2D eigenvalue weighted by Gasteiger charge is -2.27. The average molecular weight is 508 g/mol. The number of carbonyl (C=O) groups is 4. The second-order valence-electron chi connectivity index (χ2n) is 9.40. The molecule has 1 rings (SSSR count). The highest BCUT2D eigenvalue weighted by atomic mass is 16.4. The van der Waals surface area contributed by atoms with Crippen molar-refractivity contribution in [3.8, 4) is 0 Å². The Morgan fingerprint density at radius 2 is 1.50 bits per heavy atom. The summed E-state index contributed by atoms with van der Waals surface area (Å²) in [4.78, 5) is 50.1. The van der Waals surface area contributed by atoms with Crippen LogP contribution < -0.4 is 27.4 Å². The molecule has 9 N–H and O–H groups in total. The number of rotatable bonds is 16. The van der Waals surface area contributed by atoms with Gasteiger partial charge < -0.3 is 37.6 Å². The van der Waals surface area contributed by atoms with Gasteiger partial charge in [-0.05, 0) is 57.1 Å². The van der Waals surface area contributed by atoms with Crippen molar-refractivity contribution in [3.05, 3.63) is 35.9 Å². The van der Waals surface area contributed by atoms with Crippen LogP contribution in [0.15, 0.2) is 30.3 Å². The van der Waals surface area contributed by atoms with Crippen LogP contribution in [0, 0.1) is 5.92 Å². The lowest BCUT2D eigenvalue weighted by molar-refractivity contribution is -0.143. The van der Waals surface area contributed by atoms with Gasteiger partial charge in [-0.2, -0.15) is 0 Å². The molecule has 0 aliphatic heterocycles. The molecular weight excluding hydrogens is 466 g/mol. The number of amides is 3. The Bertz CT molecular complexity index is 849. The molecule has 0 fully saturated rings. The van der Waals surface area contributed by atoms with Gasteiger partial charge in [0.15, 0.2) is 0 Å². The smallest absolute Gasteiger partial charge is 0.326 e. The Balaban J connectivity index is 2.89. The summed E-state index contributed by atoms with van der Waals surface area (Å²) in [6.07, 6.45) is 0.472. The van der Waals surface area contributed by atoms with E-state index >= 15 is 0 Å². The first-order valence-corrected chi connectivity index (χ1v) is 12.3. The van der Waals surface area contributed by atoms with Crippen molar-refractivity contribution < 1.29 is 29.4 Å². The van der Waals surface area contributed by atoms with Crippen LogP contribution in [0.1, 0.15) is 52.0 Å². The van der Waals surface area contributed by atoms with Gasteiger partial charge in [0.25, 0.3) is 0 Å². The molecule has 202 valence electrons. The SMILES string of the molecule is CC(C)CC(NC(=O)C(N)Cc1ccccc1)C(=O)NC(C(=O)NC(CCCCN)C(=O)O)C(C)O. The maximum Gasteiger partial charge on any atom is 0.326 e. The van der Waals surface area contributed by atoms with Gasteiger partial charge >= 0.3 is 5.97 Å². The molecule has 0 aliphatic rings. The van der Waals surface area contributed by atoms with Crippen molar-refractivity contribution in [1.82, 2.24) is 16.0 Å². The van der Waals surface area contributed by atoms with Gasteiger partial charge in [0.1, 0.15) is 18.1 Å². The summed E-state index contributed by atoms with van der Waals surface area (Å²) in [7, 11) is 0. The van der Waals surface area contributed by atoms with E-state index in [-0.39, 0.29) is 25.2 Å². The van der Waals surface area contributed by atoms with Crippen LogP contribution in [0.25, 0.3) is 0 Å². The third kappa shape index (κ3) is 11.1. The second kappa shape index (κ2) is 15.9. The Morgan fingerprint density at radius 1 is 0.889 bits per heavy atom. The number of nitrogens with two attached hydrogens (primary N) is 2. The van der Waals surface area contributed by atoms with Crippen LogP contribution in [-0.2, 0) is 25.6 Å². The molecule has 36 heavy (non-hydrogen) atoms. The number of aliphatic carboxylic acids is 1. The maximum atomic E-state index is 13.1. The van der Waals surface area contributed by atoms with Gasteiger partial charge in [0.05, 0.1) is 12.1 Å². The van der Waals surface area contributed by atoms with Crippen molar-refractivity contribution in [3.63, 3.8) is 0 Å². The quantitative estimate of drug-likeness (QED) is 0.147. The molecule has 5 unspecified atom stereocenters. The Morgan fingerprint density at radius 3 is 2.03 bits per heavy atom. The zero-order valence-corrected chi connectivity index (χ0v) is 21.3. The van der Waals surface area contributed by atoms with Crippen LogP contribution in [0.3, 0.4) is 0 Å². The van der Waals surface area contributed by atoms with E-state index in [1.165, 1.54) is 6.92 Å². The number of benzene rings is 1. The van der Waals surface area contributed by atoms with Crippen molar-refractivity contribution in [2.45, 2.75) is 83.1 Å². The number of aliphatic hydroxyl groups is 1. The van der Waals surface area contributed by atoms with E-state index in [0.29, 0.717) is 19.4 Å². The molecule has 0 saturated carbocycles. The average Bonchev–Trinajstić information content (AvgIpc) is 2.81. The number of carbonyl (C=O) groups excluding carboxylic acids is 3. The summed E-state index contributed by atoms with van der Waals surface area (Å²) in [5.41, 5.74) is 12.4. The van der Waals surface area contributed by atoms with Crippen LogP contribution in [-0.4, -0.2) is 70.7 Å². The molecule has 0 radical (unpaired) electrons. The summed E-state index contributed by atoms with van der Waals surface area (Å²) < 4.78 is 0. The summed E-state index contributed by atoms with van der Waals surface area (Å²) in [6, 6.07) is 4.71. The molecule has 0 saturated heterocycles. The van der Waals surface area contributed by atoms with Crippen molar-refractivity contribution in [2.24, 2.45) is 17.4 Å². The molecule has 3 amide bonds. The number of aliphatic hydroxyl groups excluding tert-OH is 1. The summed E-state index contributed by atoms with van der Waals surface area (Å²) in [5.74, 6) is -3.25. The van der Waals surface area contributed by atoms with E-state index < -0.39 is 54.0 Å². The summed E-state index contributed by atoms with van der Waals surface area (Å²) in [5, 5.41) is 27.0. The lowest BCUT2D eigenvalue weighted by atomic mass is 10.0. The van der Waals surface area contributed by atoms with E-state index in [2.05, 4.69) is 16.0 Å². The van der Waals surface area contributed by atoms with Crippen LogP contribution >= 0.6 is 0 Å². The zero-order chi connectivity index (χ0) is 27.3. The fourth-order valence-electron chi connectivity index (χ4n) is 3.61. The van der Waals surface area contributed by atoms with E-state index in [9.17, 15) is 29.4 Å². The second-order valence-corrected chi connectivity index (χ2v) is 9.40. The van der Waals surface area contributed by atoms with E-state index in [0.717, 1.165) is 5.56 Å². The maximum absolute atomic E-state index is 13.1. The van der Waals surface area contributed by atoms with Crippen LogP contribution in [0.5, 0.6) is 0 Å². The highest BCUT2D eigenvalue weighted by Crippen LogP contribution is 2.09. The van der Waals surface area contributed by atoms with E-state index in [1.54, 1.807) is 0 Å². The van der Waals surface area contributed by atoms with Crippen LogP contribution in [0.4, 0.5) is 0 Å². The standard InChI is InChI=1S/C25H41N5O6/c1-15(2)13-20(29-22(32)18(27)14-17-9-5-4-6-10-17)23(33)30-21(16(3)31)24(34)28-19(25(35)36)11-7-8-12-26/h4-6,9-10,15-16,18-21,31H,7-8,11-14,26-27H2,1-3H3,(H,28,34)(H,29,32)(H,30,33)(H,35,36). The van der Waals surface area contributed by atoms with Gasteiger partial charge in [-0.3, -0.25) is 14.4 Å². The van der Waals surface area contributed by atoms with Gasteiger partial charge in [-0.15, -0.1) is 0 Å². The number of hydrogen-bond acceptors (Lipinski definition) is 7. The normalized spacial score (nSPS) is 15.3. The Labute approximate surface area is 212 Å². The molecule has 0 bridgehead atoms. The fourth-order valence-corrected chi connectivity index (χ4v) is 3.61. The zero-order valence-electron chi connectivity index (χ0n) is 21.3. The molecule has 11 nitrogen and oxygen atoms in total. The van der Waals surface area contributed by atoms with Crippen LogP contribution in [0.2, 0.25) is 0 Å². The number of nitrogens with one attached hydrogen (secondary N) is 3. The monoisotopic (exact) mass is 507 g/mol. The summed E-state index contributed by atoms with van der Waals surface area (Å²) in [6.45, 7) is 5.44. The number of carboxylic acid groups (broad SMARTS) is 1. The molecular formula is C25H41N5O6. The van der Waals surface area contributed by atoms with Gasteiger partial charge in [-0.25, -0.2) is 4.79 Å². The molecule has 0 aromatic heterocycles. The first-order chi connectivity index (χ1) is 17.0. The van der Waals surface area contributed by atoms with E-state index in [1.807, 2.05) is 44.2 Å². The highest BCUT2D eigenvalue weighted by Gasteiger charge is 2.32. The molecule has 0 spiro atoms. The first kappa shape index (κ1) is 31.0. The topological polar surface area (TPSA) is 197 Å². The van der Waals surface area contributed by atoms with Gasteiger partial charge in [0.2, 0.25) is 17.7 Å². The van der Waals surface area contributed by atoms with Crippen molar-refractivity contribution in [2.75, 3.05) is 6.54 Å². The summed E-state index contributed by atoms with van der Waals surface area (Å²) >= 11 is 0. The van der Waals surface area contributed by atoms with E-state index in [4.69, 9.17) is 11.5 Å². The van der Waals surface area contributed by atoms with Gasteiger partial charge in [0, 0.05) is 0 Å². The number of hydrogen-bond donors (Lipinski definition) is 7. The molecule has 0 aliphatic carbocycles. The Kier molecular flexibility index (Phi) is 13.7. The molecule has 0 heterocycles. The minimum absolute atomic E-state index is 0.0177. The highest BCUT2D eigenvalue weighted by molar-refractivity contribution is 5.94. The minimum atomic E-state index is -1.42. The van der Waals surface area contributed by atoms with Crippen molar-refractivity contribution in [1.29, 1.82) is 0 Å². The van der Waals surface area contributed by atoms with Crippen molar-refractivity contribution >= 4 is 23.7 Å². The molecule has 1 aromatic rings.